The summed E-state index contributed by atoms with van der Waals surface area (Å²) >= 11 is 0. The summed E-state index contributed by atoms with van der Waals surface area (Å²) in [4.78, 5) is 31.2. The Labute approximate surface area is 179 Å². The zero-order valence-electron chi connectivity index (χ0n) is 18.2. The minimum Gasteiger partial charge on any atom is -0.311 e. The molecule has 5 rings (SSSR count). The molecule has 1 saturated carbocycles. The number of hydrogen-bond donors (Lipinski definition) is 0. The van der Waals surface area contributed by atoms with E-state index in [1.165, 1.54) is 22.0 Å². The lowest BCUT2D eigenvalue weighted by Gasteiger charge is -2.13. The van der Waals surface area contributed by atoms with Crippen LogP contribution >= 0.6 is 0 Å². The van der Waals surface area contributed by atoms with Crippen molar-refractivity contribution < 1.29 is 0 Å². The zero-order chi connectivity index (χ0) is 21.7. The van der Waals surface area contributed by atoms with Crippen molar-refractivity contribution in [1.82, 2.24) is 23.1 Å². The largest absolute Gasteiger partial charge is 0.332 e. The summed E-state index contributed by atoms with van der Waals surface area (Å²) in [6.45, 7) is 4.33. The number of aromatic nitrogens is 5. The number of imidazole rings is 2. The Morgan fingerprint density at radius 2 is 1.77 bits per heavy atom. The van der Waals surface area contributed by atoms with Gasteiger partial charge >= 0.3 is 5.69 Å². The summed E-state index contributed by atoms with van der Waals surface area (Å²) < 4.78 is 7.00. The van der Waals surface area contributed by atoms with Gasteiger partial charge in [0.15, 0.2) is 11.2 Å². The van der Waals surface area contributed by atoms with Crippen molar-refractivity contribution in [3.05, 3.63) is 74.2 Å². The Kier molecular flexibility index (Phi) is 4.68. The first-order valence-corrected chi connectivity index (χ1v) is 10.9. The maximum Gasteiger partial charge on any atom is 0.332 e. The van der Waals surface area contributed by atoms with Crippen molar-refractivity contribution in [2.75, 3.05) is 0 Å². The van der Waals surface area contributed by atoms with Crippen LogP contribution in [0.2, 0.25) is 0 Å². The highest BCUT2D eigenvalue weighted by molar-refractivity contribution is 5.76. The monoisotopic (exact) mass is 417 g/mol. The summed E-state index contributed by atoms with van der Waals surface area (Å²) in [6, 6.07) is 10.2. The normalized spacial score (nSPS) is 15.2. The second-order valence-electron chi connectivity index (χ2n) is 8.47. The molecule has 0 saturated heterocycles. The third-order valence-corrected chi connectivity index (χ3v) is 6.65. The Balaban J connectivity index is 1.69. The van der Waals surface area contributed by atoms with E-state index in [1.807, 2.05) is 53.8 Å². The van der Waals surface area contributed by atoms with Crippen LogP contribution in [0, 0.1) is 13.8 Å². The molecule has 1 aromatic carbocycles. The molecule has 7 nitrogen and oxygen atoms in total. The van der Waals surface area contributed by atoms with Crippen molar-refractivity contribution >= 4 is 23.0 Å². The van der Waals surface area contributed by atoms with Gasteiger partial charge in [0, 0.05) is 31.0 Å². The molecule has 0 spiro atoms. The Morgan fingerprint density at radius 1 is 1.06 bits per heavy atom. The van der Waals surface area contributed by atoms with Crippen molar-refractivity contribution in [3.8, 4) is 0 Å². The van der Waals surface area contributed by atoms with Crippen molar-refractivity contribution in [2.24, 2.45) is 7.05 Å². The lowest BCUT2D eigenvalue weighted by molar-refractivity contribution is 0.520. The van der Waals surface area contributed by atoms with Crippen LogP contribution in [0.1, 0.15) is 48.7 Å². The maximum atomic E-state index is 13.5. The minimum atomic E-state index is -0.349. The van der Waals surface area contributed by atoms with E-state index in [4.69, 9.17) is 4.98 Å². The van der Waals surface area contributed by atoms with E-state index in [2.05, 4.69) is 11.5 Å². The van der Waals surface area contributed by atoms with Gasteiger partial charge in [0.1, 0.15) is 0 Å². The van der Waals surface area contributed by atoms with E-state index >= 15 is 0 Å². The molecule has 0 N–H and O–H groups in total. The highest BCUT2D eigenvalue weighted by Gasteiger charge is 2.27. The molecule has 1 aliphatic rings. The quantitative estimate of drug-likeness (QED) is 0.510. The van der Waals surface area contributed by atoms with E-state index < -0.39 is 0 Å². The average Bonchev–Trinajstić information content (AvgIpc) is 3.48. The first-order chi connectivity index (χ1) is 15.0. The number of allylic oxidation sites excluding steroid dienone is 1. The summed E-state index contributed by atoms with van der Waals surface area (Å²) in [6.07, 6.45) is 8.46. The molecule has 31 heavy (non-hydrogen) atoms. The van der Waals surface area contributed by atoms with Gasteiger partial charge in [-0.05, 0) is 32.3 Å². The topological polar surface area (TPSA) is 66.2 Å². The van der Waals surface area contributed by atoms with Gasteiger partial charge in [-0.1, -0.05) is 55.3 Å². The highest BCUT2D eigenvalue weighted by atomic mass is 16.2. The minimum absolute atomic E-state index is 0.213. The molecular weight excluding hydrogens is 390 g/mol. The highest BCUT2D eigenvalue weighted by Crippen LogP contribution is 2.34. The fourth-order valence-corrected chi connectivity index (χ4v) is 4.89. The van der Waals surface area contributed by atoms with E-state index in [-0.39, 0.29) is 17.8 Å². The molecule has 0 atom stereocenters. The molecule has 0 unspecified atom stereocenters. The number of rotatable bonds is 4. The van der Waals surface area contributed by atoms with Crippen molar-refractivity contribution in [1.29, 1.82) is 0 Å². The third-order valence-electron chi connectivity index (χ3n) is 6.65. The second-order valence-corrected chi connectivity index (χ2v) is 8.47. The summed E-state index contributed by atoms with van der Waals surface area (Å²) in [5, 5.41) is 0. The molecule has 0 amide bonds. The first kappa shape index (κ1) is 19.6. The third kappa shape index (κ3) is 2.99. The molecular formula is C24H27N5O2. The van der Waals surface area contributed by atoms with Crippen molar-refractivity contribution in [2.45, 2.75) is 52.1 Å². The number of hydrogen-bond acceptors (Lipinski definition) is 3. The van der Waals surface area contributed by atoms with Crippen LogP contribution < -0.4 is 11.2 Å². The fourth-order valence-electron chi connectivity index (χ4n) is 4.89. The van der Waals surface area contributed by atoms with Crippen LogP contribution in [0.25, 0.3) is 23.0 Å². The van der Waals surface area contributed by atoms with Crippen LogP contribution in [0.15, 0.2) is 46.0 Å². The van der Waals surface area contributed by atoms with Crippen LogP contribution in [-0.2, 0) is 13.6 Å². The number of nitrogens with zero attached hydrogens (tertiary/aromatic N) is 5. The standard InChI is InChI=1S/C24H27N5O2/c1-16-17(2)29-20-21(25-23(29)28(16)19-13-7-8-14-19)26(3)24(31)27(22(20)30)15-9-12-18-10-5-4-6-11-18/h4-6,9-12,19H,7-8,13-15H2,1-3H3/b12-9+. The maximum absolute atomic E-state index is 13.5. The van der Waals surface area contributed by atoms with Crippen LogP contribution in [-0.4, -0.2) is 23.1 Å². The second kappa shape index (κ2) is 7.41. The molecule has 0 bridgehead atoms. The summed E-state index contributed by atoms with van der Waals surface area (Å²) in [5.41, 5.74) is 3.45. The molecule has 1 fully saturated rings. The molecule has 0 aliphatic heterocycles. The van der Waals surface area contributed by atoms with Gasteiger partial charge in [-0.3, -0.25) is 18.3 Å². The van der Waals surface area contributed by atoms with Gasteiger partial charge < -0.3 is 4.57 Å². The SMILES string of the molecule is Cc1c(C)n2c3c(=O)n(C/C=C/c4ccccc4)c(=O)n(C)c3nc2n1C1CCCC1. The van der Waals surface area contributed by atoms with Gasteiger partial charge in [0.05, 0.1) is 0 Å². The smallest absolute Gasteiger partial charge is 0.311 e. The van der Waals surface area contributed by atoms with Gasteiger partial charge in [0.2, 0.25) is 5.78 Å². The predicted octanol–water partition coefficient (Wildman–Crippen LogP) is 3.59. The van der Waals surface area contributed by atoms with Crippen LogP contribution in [0.3, 0.4) is 0 Å². The fraction of sp³-hybridized carbons (Fsp3) is 0.375. The Morgan fingerprint density at radius 3 is 2.48 bits per heavy atom. The predicted molar refractivity (Wildman–Crippen MR) is 123 cm³/mol. The number of aryl methyl sites for hydroxylation is 2. The van der Waals surface area contributed by atoms with Gasteiger partial charge in [0.25, 0.3) is 5.56 Å². The Hall–Kier alpha value is -3.35. The summed E-state index contributed by atoms with van der Waals surface area (Å²) in [7, 11) is 1.69. The van der Waals surface area contributed by atoms with Gasteiger partial charge in [-0.2, -0.15) is 4.98 Å². The van der Waals surface area contributed by atoms with Crippen LogP contribution in [0.5, 0.6) is 0 Å². The molecule has 1 aliphatic carbocycles. The van der Waals surface area contributed by atoms with E-state index in [1.54, 1.807) is 7.05 Å². The van der Waals surface area contributed by atoms with E-state index in [9.17, 15) is 9.59 Å². The molecule has 0 radical (unpaired) electrons. The summed E-state index contributed by atoms with van der Waals surface area (Å²) in [5.74, 6) is 0.765. The lowest BCUT2D eigenvalue weighted by atomic mass is 10.2. The van der Waals surface area contributed by atoms with Crippen molar-refractivity contribution in [3.63, 3.8) is 0 Å². The molecule has 160 valence electrons. The lowest BCUT2D eigenvalue weighted by Crippen LogP contribution is -2.39. The molecule has 4 aromatic rings. The number of fused-ring (bicyclic) bond motifs is 3. The van der Waals surface area contributed by atoms with Gasteiger partial charge in [-0.15, -0.1) is 0 Å². The first-order valence-electron chi connectivity index (χ1n) is 10.9. The average molecular weight is 418 g/mol. The zero-order valence-corrected chi connectivity index (χ0v) is 18.2. The van der Waals surface area contributed by atoms with E-state index in [0.29, 0.717) is 17.2 Å². The molecule has 7 heteroatoms. The van der Waals surface area contributed by atoms with Gasteiger partial charge in [-0.25, -0.2) is 4.79 Å². The molecule has 3 aromatic heterocycles. The van der Waals surface area contributed by atoms with E-state index in [0.717, 1.165) is 35.6 Å². The Bertz CT molecular complexity index is 1430. The molecule has 3 heterocycles. The number of benzene rings is 1. The van der Waals surface area contributed by atoms with Crippen LogP contribution in [0.4, 0.5) is 0 Å².